The second kappa shape index (κ2) is 9.36. The Bertz CT molecular complexity index is 1240. The van der Waals surface area contributed by atoms with Crippen molar-refractivity contribution in [1.82, 2.24) is 20.7 Å². The Labute approximate surface area is 195 Å². The molecule has 0 atom stereocenters. The lowest BCUT2D eigenvalue weighted by Gasteiger charge is -2.48. The molecule has 0 radical (unpaired) electrons. The third-order valence-corrected chi connectivity index (χ3v) is 5.70. The molecule has 10 heteroatoms. The first-order valence-electron chi connectivity index (χ1n) is 10.6. The molecule has 1 aromatic heterocycles. The van der Waals surface area contributed by atoms with E-state index in [1.807, 2.05) is 37.3 Å². The van der Waals surface area contributed by atoms with Crippen molar-refractivity contribution >= 4 is 28.8 Å². The Balaban J connectivity index is 1.42. The maximum atomic E-state index is 12.8. The number of carbonyl (C=O) groups is 3. The van der Waals surface area contributed by atoms with Crippen molar-refractivity contribution in [3.63, 3.8) is 0 Å². The second-order valence-corrected chi connectivity index (χ2v) is 8.34. The Hall–Kier alpha value is -4.18. The quantitative estimate of drug-likeness (QED) is 0.311. The van der Waals surface area contributed by atoms with E-state index in [4.69, 9.17) is 15.1 Å². The number of ether oxygens (including phenoxy) is 1. The molecule has 1 aliphatic rings. The van der Waals surface area contributed by atoms with E-state index in [9.17, 15) is 14.4 Å². The number of rotatable bonds is 7. The smallest absolute Gasteiger partial charge is 0.407 e. The lowest BCUT2D eigenvalue weighted by atomic mass is 9.85. The van der Waals surface area contributed by atoms with Crippen molar-refractivity contribution in [3.8, 4) is 5.75 Å². The number of carbonyl (C=O) groups excluding carboxylic acids is 2. The number of carboxylic acid groups (broad SMARTS) is 1. The van der Waals surface area contributed by atoms with Gasteiger partial charge in [0.1, 0.15) is 12.4 Å². The zero-order valence-electron chi connectivity index (χ0n) is 18.4. The number of aryl methyl sites for hydroxylation is 1. The van der Waals surface area contributed by atoms with E-state index >= 15 is 0 Å². The van der Waals surface area contributed by atoms with Crippen LogP contribution in [0.25, 0.3) is 10.9 Å². The van der Waals surface area contributed by atoms with Gasteiger partial charge in [0.25, 0.3) is 5.91 Å². The molecule has 3 aromatic rings. The van der Waals surface area contributed by atoms with Gasteiger partial charge in [-0.15, -0.1) is 0 Å². The van der Waals surface area contributed by atoms with E-state index in [-0.39, 0.29) is 19.5 Å². The van der Waals surface area contributed by atoms with Crippen molar-refractivity contribution in [2.75, 3.05) is 13.1 Å². The molecular weight excluding hydrogens is 440 g/mol. The SMILES string of the molecule is Cc1cc(COc2ccc(C(=O)NC3(CC(=O)NO)CN(C(=O)O)C3)cc2)c2ccccc2n1. The van der Waals surface area contributed by atoms with E-state index in [2.05, 4.69) is 10.3 Å². The number of aromatic nitrogens is 1. The summed E-state index contributed by atoms with van der Waals surface area (Å²) in [5.74, 6) is -0.601. The van der Waals surface area contributed by atoms with Crippen molar-refractivity contribution < 1.29 is 29.4 Å². The van der Waals surface area contributed by atoms with Crippen molar-refractivity contribution in [2.45, 2.75) is 25.5 Å². The van der Waals surface area contributed by atoms with Crippen molar-refractivity contribution in [1.29, 1.82) is 0 Å². The minimum absolute atomic E-state index is 0.0536. The highest BCUT2D eigenvalue weighted by Gasteiger charge is 2.48. The maximum Gasteiger partial charge on any atom is 0.407 e. The van der Waals surface area contributed by atoms with Gasteiger partial charge in [0, 0.05) is 35.3 Å². The van der Waals surface area contributed by atoms with E-state index in [1.165, 1.54) is 5.48 Å². The molecule has 0 spiro atoms. The lowest BCUT2D eigenvalue weighted by Crippen LogP contribution is -2.72. The fourth-order valence-electron chi connectivity index (χ4n) is 4.09. The molecule has 3 amide bonds. The average molecular weight is 464 g/mol. The normalized spacial score (nSPS) is 14.2. The van der Waals surface area contributed by atoms with Crippen LogP contribution in [-0.2, 0) is 11.4 Å². The van der Waals surface area contributed by atoms with Crippen LogP contribution < -0.4 is 15.5 Å². The first kappa shape index (κ1) is 23.0. The minimum atomic E-state index is -1.15. The van der Waals surface area contributed by atoms with E-state index in [0.717, 1.165) is 27.1 Å². The molecule has 0 saturated carbocycles. The number of likely N-dealkylation sites (tertiary alicyclic amines) is 1. The van der Waals surface area contributed by atoms with E-state index in [0.29, 0.717) is 17.9 Å². The van der Waals surface area contributed by atoms with Crippen LogP contribution in [0.15, 0.2) is 54.6 Å². The summed E-state index contributed by atoms with van der Waals surface area (Å²) in [6.45, 7) is 2.15. The lowest BCUT2D eigenvalue weighted by molar-refractivity contribution is -0.132. The highest BCUT2D eigenvalue weighted by atomic mass is 16.5. The summed E-state index contributed by atoms with van der Waals surface area (Å²) in [5, 5.41) is 21.7. The molecule has 0 aliphatic carbocycles. The Morgan fingerprint density at radius 3 is 2.50 bits per heavy atom. The van der Waals surface area contributed by atoms with Gasteiger partial charge >= 0.3 is 6.09 Å². The Morgan fingerprint density at radius 2 is 1.82 bits per heavy atom. The van der Waals surface area contributed by atoms with Gasteiger partial charge in [0.15, 0.2) is 0 Å². The van der Waals surface area contributed by atoms with Gasteiger partial charge in [0.05, 0.1) is 17.5 Å². The average Bonchev–Trinajstić information content (AvgIpc) is 2.80. The zero-order valence-corrected chi connectivity index (χ0v) is 18.4. The van der Waals surface area contributed by atoms with Gasteiger partial charge in [-0.25, -0.2) is 10.3 Å². The molecule has 4 rings (SSSR count). The highest BCUT2D eigenvalue weighted by Crippen LogP contribution is 2.26. The first-order chi connectivity index (χ1) is 16.3. The van der Waals surface area contributed by atoms with Crippen LogP contribution in [0.2, 0.25) is 0 Å². The monoisotopic (exact) mass is 464 g/mol. The molecule has 2 heterocycles. The van der Waals surface area contributed by atoms with Crippen LogP contribution in [0, 0.1) is 6.92 Å². The largest absolute Gasteiger partial charge is 0.489 e. The molecule has 34 heavy (non-hydrogen) atoms. The number of hydroxylamine groups is 1. The summed E-state index contributed by atoms with van der Waals surface area (Å²) in [6.07, 6.45) is -1.40. The summed E-state index contributed by atoms with van der Waals surface area (Å²) < 4.78 is 5.92. The van der Waals surface area contributed by atoms with Crippen molar-refractivity contribution in [2.24, 2.45) is 0 Å². The van der Waals surface area contributed by atoms with Crippen LogP contribution in [0.4, 0.5) is 4.79 Å². The van der Waals surface area contributed by atoms with Crippen LogP contribution in [0.5, 0.6) is 5.75 Å². The molecule has 0 unspecified atom stereocenters. The first-order valence-corrected chi connectivity index (χ1v) is 10.6. The minimum Gasteiger partial charge on any atom is -0.489 e. The number of pyridine rings is 1. The van der Waals surface area contributed by atoms with Crippen LogP contribution >= 0.6 is 0 Å². The number of amides is 3. The number of nitrogens with zero attached hydrogens (tertiary/aromatic N) is 2. The Kier molecular flexibility index (Phi) is 6.33. The van der Waals surface area contributed by atoms with Gasteiger partial charge in [-0.2, -0.15) is 0 Å². The third kappa shape index (κ3) is 4.91. The molecule has 2 aromatic carbocycles. The van der Waals surface area contributed by atoms with E-state index < -0.39 is 23.4 Å². The van der Waals surface area contributed by atoms with Crippen molar-refractivity contribution in [3.05, 3.63) is 71.4 Å². The summed E-state index contributed by atoms with van der Waals surface area (Å²) >= 11 is 0. The number of para-hydroxylation sites is 1. The van der Waals surface area contributed by atoms with E-state index in [1.54, 1.807) is 24.3 Å². The standard InChI is InChI=1S/C24H24N4O6/c1-15-10-17(19-4-2-3-5-20(19)25-15)12-34-18-8-6-16(7-9-18)22(30)26-24(11-21(29)27-33)13-28(14-24)23(31)32/h2-10,33H,11-14H2,1H3,(H,26,30)(H,27,29)(H,31,32). The summed E-state index contributed by atoms with van der Waals surface area (Å²) in [5.41, 5.74) is 3.56. The number of hydrogen-bond donors (Lipinski definition) is 4. The van der Waals surface area contributed by atoms with Gasteiger partial charge in [-0.3, -0.25) is 19.8 Å². The number of nitrogens with one attached hydrogen (secondary N) is 2. The molecule has 10 nitrogen and oxygen atoms in total. The predicted molar refractivity (Wildman–Crippen MR) is 122 cm³/mol. The second-order valence-electron chi connectivity index (χ2n) is 8.34. The number of benzene rings is 2. The Morgan fingerprint density at radius 1 is 1.12 bits per heavy atom. The fourth-order valence-corrected chi connectivity index (χ4v) is 4.09. The fraction of sp³-hybridized carbons (Fsp3) is 0.250. The summed E-state index contributed by atoms with van der Waals surface area (Å²) in [4.78, 5) is 41.1. The van der Waals surface area contributed by atoms with Gasteiger partial charge in [-0.1, -0.05) is 18.2 Å². The topological polar surface area (TPSA) is 141 Å². The maximum absolute atomic E-state index is 12.8. The number of hydrogen-bond acceptors (Lipinski definition) is 6. The molecule has 1 saturated heterocycles. The third-order valence-electron chi connectivity index (χ3n) is 5.70. The molecular formula is C24H24N4O6. The van der Waals surface area contributed by atoms with Crippen LogP contribution in [0.1, 0.15) is 28.0 Å². The number of fused-ring (bicyclic) bond motifs is 1. The van der Waals surface area contributed by atoms with Gasteiger partial charge in [0.2, 0.25) is 5.91 Å². The predicted octanol–water partition coefficient (Wildman–Crippen LogP) is 2.48. The van der Waals surface area contributed by atoms with Gasteiger partial charge in [-0.05, 0) is 43.3 Å². The summed E-state index contributed by atoms with van der Waals surface area (Å²) in [6, 6.07) is 16.3. The molecule has 4 N–H and O–H groups in total. The van der Waals surface area contributed by atoms with Crippen LogP contribution in [0.3, 0.4) is 0 Å². The molecule has 176 valence electrons. The highest BCUT2D eigenvalue weighted by molar-refractivity contribution is 5.95. The molecule has 1 fully saturated rings. The van der Waals surface area contributed by atoms with Gasteiger partial charge < -0.3 is 20.1 Å². The molecule has 0 bridgehead atoms. The molecule has 1 aliphatic heterocycles. The zero-order chi connectivity index (χ0) is 24.3. The summed E-state index contributed by atoms with van der Waals surface area (Å²) in [7, 11) is 0. The van der Waals surface area contributed by atoms with Crippen LogP contribution in [-0.4, -0.2) is 56.7 Å².